The van der Waals surface area contributed by atoms with E-state index < -0.39 is 0 Å². The molecule has 2 heterocycles. The van der Waals surface area contributed by atoms with Gasteiger partial charge in [-0.3, -0.25) is 0 Å². The van der Waals surface area contributed by atoms with Crippen LogP contribution in [0.15, 0.2) is 0 Å². The number of rotatable bonds is 0. The monoisotopic (exact) mass is 152 g/mol. The van der Waals surface area contributed by atoms with Crippen LogP contribution in [0.5, 0.6) is 0 Å². The molecule has 2 aliphatic heterocycles. The van der Waals surface area contributed by atoms with Crippen LogP contribution < -0.4 is 11.6 Å². The molecule has 4 N–H and O–H groups in total. The quantitative estimate of drug-likeness (QED) is 0.413. The summed E-state index contributed by atoms with van der Waals surface area (Å²) in [5.41, 5.74) is 5.77. The molecule has 0 amide bonds. The van der Waals surface area contributed by atoms with Crippen LogP contribution in [0.25, 0.3) is 11.5 Å². The van der Waals surface area contributed by atoms with Crippen LogP contribution in [-0.2, 0) is 0 Å². The number of anilines is 1. The highest BCUT2D eigenvalue weighted by molar-refractivity contribution is 5.61. The highest BCUT2D eigenvalue weighted by atomic mass is 15.6. The maximum Gasteiger partial charge on any atom is 0.231 e. The lowest BCUT2D eigenvalue weighted by molar-refractivity contribution is 0.666. The van der Waals surface area contributed by atoms with E-state index in [4.69, 9.17) is 11.6 Å². The van der Waals surface area contributed by atoms with Crippen LogP contribution in [0, 0.1) is 0 Å². The molecule has 0 radical (unpaired) electrons. The lowest BCUT2D eigenvalue weighted by Gasteiger charge is -1.98. The number of nitrogens with two attached hydrogens (primary N) is 2. The van der Waals surface area contributed by atoms with Gasteiger partial charge in [0.2, 0.25) is 5.82 Å². The van der Waals surface area contributed by atoms with Gasteiger partial charge in [-0.1, -0.05) is 4.91 Å². The SMILES string of the molecule is Nc1nn(N)nc2nnnc1-2. The zero-order valence-electron chi connectivity index (χ0n) is 5.34. The van der Waals surface area contributed by atoms with Crippen LogP contribution >= 0.6 is 0 Å². The van der Waals surface area contributed by atoms with Crippen molar-refractivity contribution in [2.75, 3.05) is 11.6 Å². The molecule has 0 aliphatic carbocycles. The van der Waals surface area contributed by atoms with Gasteiger partial charge < -0.3 is 11.6 Å². The van der Waals surface area contributed by atoms with E-state index in [-0.39, 0.29) is 5.82 Å². The molecule has 8 heteroatoms. The fourth-order valence-corrected chi connectivity index (χ4v) is 0.712. The molecule has 2 aliphatic rings. The van der Waals surface area contributed by atoms with Gasteiger partial charge in [-0.25, -0.2) is 0 Å². The van der Waals surface area contributed by atoms with E-state index in [1.807, 2.05) is 0 Å². The number of fused-ring (bicyclic) bond motifs is 1. The zero-order chi connectivity index (χ0) is 7.84. The third-order valence-corrected chi connectivity index (χ3v) is 1.15. The summed E-state index contributed by atoms with van der Waals surface area (Å²) in [5, 5.41) is 17.7. The van der Waals surface area contributed by atoms with Crippen LogP contribution in [0.1, 0.15) is 0 Å². The maximum atomic E-state index is 5.41. The number of hydrogen-bond acceptors (Lipinski definition) is 7. The van der Waals surface area contributed by atoms with E-state index in [9.17, 15) is 0 Å². The van der Waals surface area contributed by atoms with Crippen molar-refractivity contribution in [3.8, 4) is 11.5 Å². The first-order valence-corrected chi connectivity index (χ1v) is 2.74. The Morgan fingerprint density at radius 3 is 2.82 bits per heavy atom. The topological polar surface area (TPSA) is 121 Å². The molecule has 0 aromatic carbocycles. The molecular weight excluding hydrogens is 148 g/mol. The summed E-state index contributed by atoms with van der Waals surface area (Å²) in [6.45, 7) is 0. The van der Waals surface area contributed by atoms with Crippen LogP contribution in [0.3, 0.4) is 0 Å². The van der Waals surface area contributed by atoms with Crippen molar-refractivity contribution in [2.45, 2.75) is 0 Å². The van der Waals surface area contributed by atoms with Crippen molar-refractivity contribution in [2.24, 2.45) is 0 Å². The Kier molecular flexibility index (Phi) is 0.916. The third-order valence-electron chi connectivity index (χ3n) is 1.15. The van der Waals surface area contributed by atoms with Crippen LogP contribution in [-0.4, -0.2) is 30.5 Å². The molecule has 0 atom stereocenters. The van der Waals surface area contributed by atoms with Crippen LogP contribution in [0.2, 0.25) is 0 Å². The van der Waals surface area contributed by atoms with Crippen molar-refractivity contribution in [3.05, 3.63) is 0 Å². The van der Waals surface area contributed by atoms with E-state index in [2.05, 4.69) is 25.6 Å². The third kappa shape index (κ3) is 0.723. The first-order chi connectivity index (χ1) is 5.27. The van der Waals surface area contributed by atoms with Crippen LogP contribution in [0.4, 0.5) is 5.82 Å². The Labute approximate surface area is 60.5 Å². The predicted molar refractivity (Wildman–Crippen MR) is 34.6 cm³/mol. The average molecular weight is 152 g/mol. The maximum absolute atomic E-state index is 5.41. The molecule has 0 saturated carbocycles. The standard InChI is InChI=1S/C3H4N8/c4-2-1-3(7-10-6-1)9-11(5)8-2/h5H2,(H2,4,8). The van der Waals surface area contributed by atoms with E-state index in [0.29, 0.717) is 11.5 Å². The molecule has 0 spiro atoms. The van der Waals surface area contributed by atoms with Gasteiger partial charge in [0.25, 0.3) is 0 Å². The first-order valence-electron chi connectivity index (χ1n) is 2.74. The highest BCUT2D eigenvalue weighted by Gasteiger charge is 2.14. The molecule has 2 rings (SSSR count). The van der Waals surface area contributed by atoms with Gasteiger partial charge in [-0.15, -0.1) is 20.4 Å². The molecule has 0 aromatic rings. The van der Waals surface area contributed by atoms with Gasteiger partial charge >= 0.3 is 0 Å². The molecule has 11 heavy (non-hydrogen) atoms. The largest absolute Gasteiger partial charge is 0.380 e. The van der Waals surface area contributed by atoms with Gasteiger partial charge in [-0.2, -0.15) is 0 Å². The number of aromatic nitrogens is 6. The minimum Gasteiger partial charge on any atom is -0.380 e. The highest BCUT2D eigenvalue weighted by Crippen LogP contribution is 2.15. The van der Waals surface area contributed by atoms with Gasteiger partial charge in [0, 0.05) is 0 Å². The second-order valence-corrected chi connectivity index (χ2v) is 1.87. The van der Waals surface area contributed by atoms with Crippen molar-refractivity contribution < 1.29 is 0 Å². The molecule has 8 nitrogen and oxygen atoms in total. The van der Waals surface area contributed by atoms with Gasteiger partial charge in [-0.05, 0) is 5.21 Å². The van der Waals surface area contributed by atoms with Crippen molar-refractivity contribution in [3.63, 3.8) is 0 Å². The number of nitrogens with zero attached hydrogens (tertiary/aromatic N) is 6. The minimum absolute atomic E-state index is 0.169. The Bertz CT molecular complexity index is 351. The summed E-state index contributed by atoms with van der Waals surface area (Å²) in [4.78, 5) is 0.827. The average Bonchev–Trinajstić information content (AvgIpc) is 2.34. The normalized spacial score (nSPS) is 10.5. The fourth-order valence-electron chi connectivity index (χ4n) is 0.712. The molecule has 0 fully saturated rings. The van der Waals surface area contributed by atoms with Crippen molar-refractivity contribution >= 4 is 5.82 Å². The summed E-state index contributed by atoms with van der Waals surface area (Å²) in [5.74, 6) is 5.66. The Morgan fingerprint density at radius 1 is 1.18 bits per heavy atom. The van der Waals surface area contributed by atoms with E-state index in [0.717, 1.165) is 4.91 Å². The lowest BCUT2D eigenvalue weighted by atomic mass is 10.4. The van der Waals surface area contributed by atoms with Gasteiger partial charge in [0.05, 0.1) is 0 Å². The molecule has 56 valence electrons. The van der Waals surface area contributed by atoms with Crippen molar-refractivity contribution in [1.29, 1.82) is 0 Å². The number of hydrogen-bond donors (Lipinski definition) is 2. The number of nitrogen functional groups attached to an aromatic ring is 2. The van der Waals surface area contributed by atoms with Crippen molar-refractivity contribution in [1.82, 2.24) is 30.5 Å². The van der Waals surface area contributed by atoms with Gasteiger partial charge in [0.1, 0.15) is 0 Å². The zero-order valence-corrected chi connectivity index (χ0v) is 5.34. The van der Waals surface area contributed by atoms with E-state index in [1.165, 1.54) is 0 Å². The molecular formula is C3H4N8. The smallest absolute Gasteiger partial charge is 0.231 e. The summed E-state index contributed by atoms with van der Waals surface area (Å²) in [6.07, 6.45) is 0. The summed E-state index contributed by atoms with van der Waals surface area (Å²) in [6, 6.07) is 0. The fraction of sp³-hybridized carbons (Fsp3) is 0. The van der Waals surface area contributed by atoms with E-state index in [1.54, 1.807) is 0 Å². The predicted octanol–water partition coefficient (Wildman–Crippen LogP) is -2.14. The lowest BCUT2D eigenvalue weighted by Crippen LogP contribution is -2.20. The molecule has 0 aromatic heterocycles. The second kappa shape index (κ2) is 1.75. The molecule has 0 saturated heterocycles. The minimum atomic E-state index is 0.169. The summed E-state index contributed by atoms with van der Waals surface area (Å²) >= 11 is 0. The first kappa shape index (κ1) is 5.77. The second-order valence-electron chi connectivity index (χ2n) is 1.87. The molecule has 0 unspecified atom stereocenters. The Balaban J connectivity index is 2.79. The molecule has 0 bridgehead atoms. The Hall–Kier alpha value is -1.99. The Morgan fingerprint density at radius 2 is 2.00 bits per heavy atom. The van der Waals surface area contributed by atoms with E-state index >= 15 is 0 Å². The summed E-state index contributed by atoms with van der Waals surface area (Å²) in [7, 11) is 0. The van der Waals surface area contributed by atoms with Gasteiger partial charge in [0.15, 0.2) is 11.5 Å². The summed E-state index contributed by atoms with van der Waals surface area (Å²) < 4.78 is 0.